The van der Waals surface area contributed by atoms with Crippen LogP contribution < -0.4 is 10.1 Å². The van der Waals surface area contributed by atoms with Gasteiger partial charge in [-0.3, -0.25) is 9.59 Å². The SMILES string of the molecule is CC[C@@H](C(=O)NC)N(Cc1cccc(C)c1)C(=O)COc1ccc(Cl)c(C)c1. The molecule has 0 radical (unpaired) electrons. The van der Waals surface area contributed by atoms with Gasteiger partial charge in [-0.1, -0.05) is 48.4 Å². The maximum atomic E-state index is 13.0. The molecule has 0 aliphatic carbocycles. The number of aryl methyl sites for hydroxylation is 2. The zero-order valence-corrected chi connectivity index (χ0v) is 17.5. The first-order valence-corrected chi connectivity index (χ1v) is 9.69. The van der Waals surface area contributed by atoms with E-state index in [0.717, 1.165) is 16.7 Å². The van der Waals surface area contributed by atoms with Crippen LogP contribution in [0.15, 0.2) is 42.5 Å². The first-order valence-electron chi connectivity index (χ1n) is 9.31. The summed E-state index contributed by atoms with van der Waals surface area (Å²) in [6.07, 6.45) is 0.511. The summed E-state index contributed by atoms with van der Waals surface area (Å²) >= 11 is 6.03. The molecule has 28 heavy (non-hydrogen) atoms. The highest BCUT2D eigenvalue weighted by atomic mass is 35.5. The van der Waals surface area contributed by atoms with Gasteiger partial charge in [0.2, 0.25) is 5.91 Å². The standard InChI is InChI=1S/C22H27ClN2O3/c1-5-20(22(27)24-4)25(13-17-8-6-7-15(2)11-17)21(26)14-28-18-9-10-19(23)16(3)12-18/h6-12,20H,5,13-14H2,1-4H3,(H,24,27)/t20-/m0/s1. The topological polar surface area (TPSA) is 58.6 Å². The van der Waals surface area contributed by atoms with E-state index < -0.39 is 6.04 Å². The van der Waals surface area contributed by atoms with Crippen molar-refractivity contribution in [2.24, 2.45) is 0 Å². The third-order valence-corrected chi connectivity index (χ3v) is 4.98. The van der Waals surface area contributed by atoms with Crippen LogP contribution in [0, 0.1) is 13.8 Å². The summed E-state index contributed by atoms with van der Waals surface area (Å²) in [5, 5.41) is 3.29. The van der Waals surface area contributed by atoms with E-state index in [1.54, 1.807) is 30.1 Å². The molecular formula is C22H27ClN2O3. The van der Waals surface area contributed by atoms with Crippen LogP contribution >= 0.6 is 11.6 Å². The smallest absolute Gasteiger partial charge is 0.261 e. The molecule has 2 amide bonds. The van der Waals surface area contributed by atoms with Gasteiger partial charge in [-0.2, -0.15) is 0 Å². The molecule has 0 aliphatic heterocycles. The molecule has 1 atom stereocenters. The van der Waals surface area contributed by atoms with E-state index in [9.17, 15) is 9.59 Å². The van der Waals surface area contributed by atoms with Crippen molar-refractivity contribution in [3.8, 4) is 5.75 Å². The third kappa shape index (κ3) is 5.73. The maximum absolute atomic E-state index is 13.0. The van der Waals surface area contributed by atoms with Crippen molar-refractivity contribution in [3.05, 3.63) is 64.2 Å². The zero-order valence-electron chi connectivity index (χ0n) is 16.8. The quantitative estimate of drug-likeness (QED) is 0.728. The number of nitrogens with zero attached hydrogens (tertiary/aromatic N) is 1. The molecule has 2 aromatic carbocycles. The van der Waals surface area contributed by atoms with E-state index in [4.69, 9.17) is 16.3 Å². The largest absolute Gasteiger partial charge is 0.484 e. The monoisotopic (exact) mass is 402 g/mol. The van der Waals surface area contributed by atoms with Crippen LogP contribution in [0.5, 0.6) is 5.75 Å². The Hall–Kier alpha value is -2.53. The van der Waals surface area contributed by atoms with Crippen LogP contribution in [0.4, 0.5) is 0 Å². The molecule has 2 aromatic rings. The van der Waals surface area contributed by atoms with E-state index in [0.29, 0.717) is 23.7 Å². The predicted molar refractivity (Wildman–Crippen MR) is 112 cm³/mol. The lowest BCUT2D eigenvalue weighted by molar-refractivity contribution is -0.142. The van der Waals surface area contributed by atoms with Crippen molar-refractivity contribution in [2.45, 2.75) is 39.8 Å². The molecule has 6 heteroatoms. The number of hydrogen-bond acceptors (Lipinski definition) is 3. The third-order valence-electron chi connectivity index (χ3n) is 4.56. The molecule has 0 fully saturated rings. The summed E-state index contributed by atoms with van der Waals surface area (Å²) in [5.41, 5.74) is 2.95. The second-order valence-electron chi connectivity index (χ2n) is 6.75. The van der Waals surface area contributed by atoms with Gasteiger partial charge in [0.1, 0.15) is 11.8 Å². The minimum absolute atomic E-state index is 0.152. The second kappa shape index (κ2) is 10.1. The Labute approximate surface area is 171 Å². The van der Waals surface area contributed by atoms with Gasteiger partial charge < -0.3 is 15.0 Å². The lowest BCUT2D eigenvalue weighted by atomic mass is 10.1. The van der Waals surface area contributed by atoms with Crippen LogP contribution in [0.25, 0.3) is 0 Å². The highest BCUT2D eigenvalue weighted by Gasteiger charge is 2.28. The van der Waals surface area contributed by atoms with Crippen molar-refractivity contribution in [1.82, 2.24) is 10.2 Å². The van der Waals surface area contributed by atoms with Crippen molar-refractivity contribution in [3.63, 3.8) is 0 Å². The molecule has 0 bridgehead atoms. The Balaban J connectivity index is 2.19. The summed E-state index contributed by atoms with van der Waals surface area (Å²) in [7, 11) is 1.58. The Morgan fingerprint density at radius 2 is 1.93 bits per heavy atom. The normalized spacial score (nSPS) is 11.6. The van der Waals surface area contributed by atoms with Crippen LogP contribution in [0.1, 0.15) is 30.0 Å². The van der Waals surface area contributed by atoms with Crippen LogP contribution in [0.2, 0.25) is 5.02 Å². The minimum atomic E-state index is -0.562. The van der Waals surface area contributed by atoms with Crippen LogP contribution in [-0.2, 0) is 16.1 Å². The van der Waals surface area contributed by atoms with Gasteiger partial charge in [-0.15, -0.1) is 0 Å². The maximum Gasteiger partial charge on any atom is 0.261 e. The highest BCUT2D eigenvalue weighted by Crippen LogP contribution is 2.21. The molecule has 0 aliphatic rings. The predicted octanol–water partition coefficient (Wildman–Crippen LogP) is 3.89. The summed E-state index contributed by atoms with van der Waals surface area (Å²) < 4.78 is 5.67. The fraction of sp³-hybridized carbons (Fsp3) is 0.364. The van der Waals surface area contributed by atoms with Gasteiger partial charge in [0.25, 0.3) is 5.91 Å². The number of halogens is 1. The molecule has 150 valence electrons. The number of amides is 2. The minimum Gasteiger partial charge on any atom is -0.484 e. The van der Waals surface area contributed by atoms with Gasteiger partial charge in [0.15, 0.2) is 6.61 Å². The van der Waals surface area contributed by atoms with E-state index in [-0.39, 0.29) is 18.4 Å². The Morgan fingerprint density at radius 3 is 2.54 bits per heavy atom. The number of nitrogens with one attached hydrogen (secondary N) is 1. The lowest BCUT2D eigenvalue weighted by Crippen LogP contribution is -2.49. The van der Waals surface area contributed by atoms with E-state index in [2.05, 4.69) is 5.32 Å². The fourth-order valence-corrected chi connectivity index (χ4v) is 3.15. The first-order chi connectivity index (χ1) is 13.3. The molecule has 0 heterocycles. The molecular weight excluding hydrogens is 376 g/mol. The molecule has 0 saturated carbocycles. The fourth-order valence-electron chi connectivity index (χ4n) is 3.03. The molecule has 0 saturated heterocycles. The van der Waals surface area contributed by atoms with Crippen LogP contribution in [-0.4, -0.2) is 36.4 Å². The number of carbonyl (C=O) groups excluding carboxylic acids is 2. The van der Waals surface area contributed by atoms with Gasteiger partial charge in [-0.25, -0.2) is 0 Å². The summed E-state index contributed by atoms with van der Waals surface area (Å²) in [5.74, 6) is 0.133. The van der Waals surface area contributed by atoms with Gasteiger partial charge >= 0.3 is 0 Å². The molecule has 5 nitrogen and oxygen atoms in total. The van der Waals surface area contributed by atoms with Gasteiger partial charge in [-0.05, 0) is 49.6 Å². The van der Waals surface area contributed by atoms with Gasteiger partial charge in [0.05, 0.1) is 0 Å². The number of hydrogen-bond donors (Lipinski definition) is 1. The summed E-state index contributed by atoms with van der Waals surface area (Å²) in [4.78, 5) is 26.9. The Bertz CT molecular complexity index is 838. The first kappa shape index (κ1) is 21.8. The number of benzene rings is 2. The number of ether oxygens (including phenoxy) is 1. The summed E-state index contributed by atoms with van der Waals surface area (Å²) in [6, 6.07) is 12.6. The van der Waals surface area contributed by atoms with E-state index in [1.807, 2.05) is 45.0 Å². The molecule has 0 spiro atoms. The number of rotatable bonds is 8. The second-order valence-corrected chi connectivity index (χ2v) is 7.16. The van der Waals surface area contributed by atoms with Crippen LogP contribution in [0.3, 0.4) is 0 Å². The van der Waals surface area contributed by atoms with Crippen molar-refractivity contribution in [1.29, 1.82) is 0 Å². The van der Waals surface area contributed by atoms with Crippen molar-refractivity contribution >= 4 is 23.4 Å². The molecule has 1 N–H and O–H groups in total. The average molecular weight is 403 g/mol. The van der Waals surface area contributed by atoms with E-state index in [1.165, 1.54) is 0 Å². The number of carbonyl (C=O) groups is 2. The lowest BCUT2D eigenvalue weighted by Gasteiger charge is -2.30. The van der Waals surface area contributed by atoms with E-state index >= 15 is 0 Å². The Morgan fingerprint density at radius 1 is 1.18 bits per heavy atom. The van der Waals surface area contributed by atoms with Gasteiger partial charge in [0, 0.05) is 18.6 Å². The molecule has 2 rings (SSSR count). The number of likely N-dealkylation sites (N-methyl/N-ethyl adjacent to an activating group) is 1. The van der Waals surface area contributed by atoms with Crippen molar-refractivity contribution in [2.75, 3.05) is 13.7 Å². The van der Waals surface area contributed by atoms with Crippen molar-refractivity contribution < 1.29 is 14.3 Å². The zero-order chi connectivity index (χ0) is 20.7. The summed E-state index contributed by atoms with van der Waals surface area (Å²) in [6.45, 7) is 5.95. The Kier molecular flexibility index (Phi) is 7.88. The average Bonchev–Trinajstić information content (AvgIpc) is 2.68. The molecule has 0 unspecified atom stereocenters. The molecule has 0 aromatic heterocycles. The highest BCUT2D eigenvalue weighted by molar-refractivity contribution is 6.31.